The molecule has 0 spiro atoms. The van der Waals surface area contributed by atoms with Crippen molar-refractivity contribution in [1.29, 1.82) is 5.26 Å². The fourth-order valence-electron chi connectivity index (χ4n) is 0.783. The molecule has 0 radical (unpaired) electrons. The monoisotopic (exact) mass is 309 g/mol. The maximum absolute atomic E-state index is 13.0. The van der Waals surface area contributed by atoms with Gasteiger partial charge in [0, 0.05) is 3.57 Å². The second kappa shape index (κ2) is 4.03. The highest BCUT2D eigenvalue weighted by Crippen LogP contribution is 2.18. The Kier molecular flexibility index (Phi) is 3.22. The summed E-state index contributed by atoms with van der Waals surface area (Å²) in [7, 11) is 0. The van der Waals surface area contributed by atoms with Crippen molar-refractivity contribution in [1.82, 2.24) is 0 Å². The molecule has 0 saturated heterocycles. The summed E-state index contributed by atoms with van der Waals surface area (Å²) in [5.41, 5.74) is -0.00941. The zero-order valence-corrected chi connectivity index (χ0v) is 9.06. The number of benzene rings is 1. The summed E-state index contributed by atoms with van der Waals surface area (Å²) in [6.07, 6.45) is 0. The summed E-state index contributed by atoms with van der Waals surface area (Å²) >= 11 is 6.95. The number of halogens is 3. The average Bonchev–Trinajstić information content (AvgIpc) is 2.07. The lowest BCUT2D eigenvalue weighted by Crippen LogP contribution is -1.97. The van der Waals surface area contributed by atoms with Gasteiger partial charge in [-0.05, 0) is 46.3 Å². The van der Waals surface area contributed by atoms with Crippen molar-refractivity contribution in [2.24, 2.45) is 0 Å². The average molecular weight is 309 g/mol. The number of carbonyl (C=O) groups is 1. The summed E-state index contributed by atoms with van der Waals surface area (Å²) in [5, 5.41) is 7.67. The van der Waals surface area contributed by atoms with E-state index in [0.29, 0.717) is 3.57 Å². The quantitative estimate of drug-likeness (QED) is 0.591. The van der Waals surface area contributed by atoms with Crippen LogP contribution in [-0.2, 0) is 0 Å². The number of nitrogens with zero attached hydrogens (tertiary/aromatic N) is 1. The van der Waals surface area contributed by atoms with Gasteiger partial charge >= 0.3 is 0 Å². The lowest BCUT2D eigenvalue weighted by molar-refractivity contribution is 0.107. The first-order valence-corrected chi connectivity index (χ1v) is 4.61. The molecule has 13 heavy (non-hydrogen) atoms. The smallest absolute Gasteiger partial charge is 0.255 e. The summed E-state index contributed by atoms with van der Waals surface area (Å²) in [5.74, 6) is -0.767. The second-order valence-corrected chi connectivity index (χ2v) is 3.70. The molecular formula is C8H2ClFINO. The Bertz CT molecular complexity index is 413. The number of nitriles is 1. The van der Waals surface area contributed by atoms with Crippen LogP contribution in [0.15, 0.2) is 12.1 Å². The molecule has 1 aromatic carbocycles. The van der Waals surface area contributed by atoms with E-state index in [9.17, 15) is 9.18 Å². The van der Waals surface area contributed by atoms with Crippen LogP contribution in [0.25, 0.3) is 0 Å². The number of carbonyl (C=O) groups excluding carboxylic acids is 1. The molecule has 0 aliphatic rings. The van der Waals surface area contributed by atoms with Gasteiger partial charge in [0.25, 0.3) is 5.24 Å². The Labute approximate surface area is 92.4 Å². The molecule has 0 heterocycles. The van der Waals surface area contributed by atoms with Crippen molar-refractivity contribution in [3.05, 3.63) is 32.6 Å². The van der Waals surface area contributed by atoms with E-state index >= 15 is 0 Å². The number of hydrogen-bond acceptors (Lipinski definition) is 2. The lowest BCUT2D eigenvalue weighted by atomic mass is 10.1. The molecule has 0 fully saturated rings. The van der Waals surface area contributed by atoms with Gasteiger partial charge in [-0.15, -0.1) is 0 Å². The Balaban J connectivity index is 3.39. The van der Waals surface area contributed by atoms with E-state index in [-0.39, 0.29) is 11.1 Å². The van der Waals surface area contributed by atoms with E-state index < -0.39 is 11.1 Å². The van der Waals surface area contributed by atoms with Gasteiger partial charge in [0.05, 0.1) is 11.1 Å². The van der Waals surface area contributed by atoms with Crippen LogP contribution in [0.4, 0.5) is 4.39 Å². The highest BCUT2D eigenvalue weighted by Gasteiger charge is 2.12. The molecule has 66 valence electrons. The van der Waals surface area contributed by atoms with Crippen molar-refractivity contribution in [2.75, 3.05) is 0 Å². The van der Waals surface area contributed by atoms with Crippen LogP contribution in [0.3, 0.4) is 0 Å². The molecule has 0 saturated carbocycles. The highest BCUT2D eigenvalue weighted by atomic mass is 127. The molecule has 0 aliphatic heterocycles. The maximum Gasteiger partial charge on any atom is 0.255 e. The first-order valence-electron chi connectivity index (χ1n) is 3.15. The van der Waals surface area contributed by atoms with Crippen molar-refractivity contribution in [2.45, 2.75) is 0 Å². The molecule has 5 heteroatoms. The SMILES string of the molecule is N#Cc1cc(F)c(C(=O)Cl)cc1I. The molecular weight excluding hydrogens is 307 g/mol. The zero-order chi connectivity index (χ0) is 10.0. The summed E-state index contributed by atoms with van der Waals surface area (Å²) < 4.78 is 13.5. The zero-order valence-electron chi connectivity index (χ0n) is 6.14. The van der Waals surface area contributed by atoms with Crippen LogP contribution in [0.1, 0.15) is 15.9 Å². The third kappa shape index (κ3) is 2.17. The molecule has 0 amide bonds. The largest absolute Gasteiger partial charge is 0.275 e. The topological polar surface area (TPSA) is 40.9 Å². The van der Waals surface area contributed by atoms with Gasteiger partial charge in [-0.1, -0.05) is 0 Å². The predicted octanol–water partition coefficient (Wildman–Crippen LogP) is 2.68. The first-order chi connectivity index (χ1) is 6.06. The van der Waals surface area contributed by atoms with Gasteiger partial charge in [-0.25, -0.2) is 4.39 Å². The highest BCUT2D eigenvalue weighted by molar-refractivity contribution is 14.1. The van der Waals surface area contributed by atoms with E-state index in [4.69, 9.17) is 16.9 Å². The summed E-state index contributed by atoms with van der Waals surface area (Å²) in [6, 6.07) is 4.05. The normalized spacial score (nSPS) is 9.38. The molecule has 0 bridgehead atoms. The molecule has 0 unspecified atom stereocenters. The summed E-state index contributed by atoms with van der Waals surface area (Å²) in [4.78, 5) is 10.7. The molecule has 2 nitrogen and oxygen atoms in total. The summed E-state index contributed by atoms with van der Waals surface area (Å²) in [6.45, 7) is 0. The minimum atomic E-state index is -0.861. The van der Waals surface area contributed by atoms with Crippen molar-refractivity contribution in [3.63, 3.8) is 0 Å². The third-order valence-electron chi connectivity index (χ3n) is 1.39. The Morgan fingerprint density at radius 2 is 2.23 bits per heavy atom. The van der Waals surface area contributed by atoms with Crippen molar-refractivity contribution < 1.29 is 9.18 Å². The van der Waals surface area contributed by atoms with Crippen LogP contribution < -0.4 is 0 Å². The van der Waals surface area contributed by atoms with Crippen LogP contribution in [0, 0.1) is 20.7 Å². The number of rotatable bonds is 1. The van der Waals surface area contributed by atoms with E-state index in [1.165, 1.54) is 6.07 Å². The molecule has 1 aromatic rings. The predicted molar refractivity (Wildman–Crippen MR) is 54.0 cm³/mol. The van der Waals surface area contributed by atoms with Gasteiger partial charge in [-0.3, -0.25) is 4.79 Å². The minimum absolute atomic E-state index is 0.194. The molecule has 0 atom stereocenters. The lowest BCUT2D eigenvalue weighted by Gasteiger charge is -1.99. The standard InChI is InChI=1S/C8H2ClFINO/c9-8(13)5-2-7(11)4(3-12)1-6(5)10/h1-2H. The van der Waals surface area contributed by atoms with E-state index in [1.54, 1.807) is 6.07 Å². The third-order valence-corrected chi connectivity index (χ3v) is 2.49. The van der Waals surface area contributed by atoms with E-state index in [2.05, 4.69) is 0 Å². The van der Waals surface area contributed by atoms with Gasteiger partial charge in [0.15, 0.2) is 0 Å². The molecule has 0 aromatic heterocycles. The Morgan fingerprint density at radius 1 is 1.62 bits per heavy atom. The first kappa shape index (κ1) is 10.4. The minimum Gasteiger partial charge on any atom is -0.275 e. The van der Waals surface area contributed by atoms with Crippen molar-refractivity contribution >= 4 is 39.4 Å². The van der Waals surface area contributed by atoms with Crippen LogP contribution in [0.2, 0.25) is 0 Å². The van der Waals surface area contributed by atoms with E-state index in [1.807, 2.05) is 22.6 Å². The molecule has 0 aliphatic carbocycles. The van der Waals surface area contributed by atoms with Gasteiger partial charge in [0.2, 0.25) is 0 Å². The second-order valence-electron chi connectivity index (χ2n) is 2.20. The van der Waals surface area contributed by atoms with Gasteiger partial charge in [-0.2, -0.15) is 5.26 Å². The van der Waals surface area contributed by atoms with Gasteiger partial charge in [0.1, 0.15) is 11.9 Å². The Morgan fingerprint density at radius 3 is 2.69 bits per heavy atom. The van der Waals surface area contributed by atoms with E-state index in [0.717, 1.165) is 6.07 Å². The molecule has 0 N–H and O–H groups in total. The maximum atomic E-state index is 13.0. The number of hydrogen-bond donors (Lipinski definition) is 0. The van der Waals surface area contributed by atoms with Crippen LogP contribution in [0.5, 0.6) is 0 Å². The van der Waals surface area contributed by atoms with Crippen LogP contribution in [-0.4, -0.2) is 5.24 Å². The van der Waals surface area contributed by atoms with Gasteiger partial charge < -0.3 is 0 Å². The fourth-order valence-corrected chi connectivity index (χ4v) is 1.52. The van der Waals surface area contributed by atoms with Crippen molar-refractivity contribution in [3.8, 4) is 6.07 Å². The Hall–Kier alpha value is -0.670. The fraction of sp³-hybridized carbons (Fsp3) is 0. The molecule has 1 rings (SSSR count). The van der Waals surface area contributed by atoms with Crippen LogP contribution >= 0.6 is 34.2 Å².